The lowest BCUT2D eigenvalue weighted by molar-refractivity contribution is -0.136. The van der Waals surface area contributed by atoms with Crippen LogP contribution in [0.25, 0.3) is 10.6 Å². The van der Waals surface area contributed by atoms with E-state index in [0.29, 0.717) is 24.5 Å². The fourth-order valence-electron chi connectivity index (χ4n) is 3.07. The summed E-state index contributed by atoms with van der Waals surface area (Å²) in [6.45, 7) is 4.54. The normalized spacial score (nSPS) is 16.9. The highest BCUT2D eigenvalue weighted by Gasteiger charge is 2.34. The Morgan fingerprint density at radius 3 is 2.96 bits per heavy atom. The Bertz CT molecular complexity index is 760. The second-order valence-electron chi connectivity index (χ2n) is 6.13. The van der Waals surface area contributed by atoms with Gasteiger partial charge in [0.1, 0.15) is 6.04 Å². The van der Waals surface area contributed by atoms with Crippen LogP contribution in [0.2, 0.25) is 0 Å². The Hall–Kier alpha value is -2.28. The monoisotopic (exact) mass is 358 g/mol. The third-order valence-corrected chi connectivity index (χ3v) is 5.36. The summed E-state index contributed by atoms with van der Waals surface area (Å²) in [5.41, 5.74) is 1.68. The van der Waals surface area contributed by atoms with Crippen LogP contribution >= 0.6 is 11.3 Å². The fraction of sp³-hybridized carbons (Fsp3) is 0.444. The topological polar surface area (TPSA) is 75.2 Å². The van der Waals surface area contributed by atoms with Crippen molar-refractivity contribution in [2.45, 2.75) is 45.6 Å². The average molecular weight is 358 g/mol. The molecule has 3 rings (SSSR count). The number of likely N-dealkylation sites (tertiary alicyclic amines) is 1. The smallest absolute Gasteiger partial charge is 0.248 e. The number of rotatable bonds is 5. The number of amides is 2. The van der Waals surface area contributed by atoms with Gasteiger partial charge in [-0.3, -0.25) is 14.6 Å². The number of carbonyl (C=O) groups is 2. The van der Waals surface area contributed by atoms with E-state index in [-0.39, 0.29) is 17.9 Å². The molecule has 25 heavy (non-hydrogen) atoms. The molecular formula is C18H22N4O2S. The van der Waals surface area contributed by atoms with Gasteiger partial charge in [-0.25, -0.2) is 4.98 Å². The van der Waals surface area contributed by atoms with Crippen LogP contribution < -0.4 is 5.32 Å². The molecule has 0 saturated carbocycles. The molecule has 0 unspecified atom stereocenters. The van der Waals surface area contributed by atoms with E-state index in [0.717, 1.165) is 29.1 Å². The maximum absolute atomic E-state index is 12.6. The first-order chi connectivity index (χ1) is 12.1. The van der Waals surface area contributed by atoms with E-state index < -0.39 is 0 Å². The molecule has 1 atom stereocenters. The van der Waals surface area contributed by atoms with E-state index in [2.05, 4.69) is 15.3 Å². The fourth-order valence-corrected chi connectivity index (χ4v) is 4.01. The predicted molar refractivity (Wildman–Crippen MR) is 98.4 cm³/mol. The average Bonchev–Trinajstić information content (AvgIpc) is 3.23. The molecule has 7 heteroatoms. The molecule has 2 amide bonds. The summed E-state index contributed by atoms with van der Waals surface area (Å²) in [6, 6.07) is 5.33. The first-order valence-corrected chi connectivity index (χ1v) is 9.41. The molecule has 3 heterocycles. The largest absolute Gasteiger partial charge is 0.331 e. The van der Waals surface area contributed by atoms with Gasteiger partial charge in [0.25, 0.3) is 0 Å². The highest BCUT2D eigenvalue weighted by molar-refractivity contribution is 7.19. The lowest BCUT2D eigenvalue weighted by Crippen LogP contribution is -2.43. The van der Waals surface area contributed by atoms with Crippen LogP contribution in [0.4, 0.5) is 5.13 Å². The van der Waals surface area contributed by atoms with Crippen molar-refractivity contribution in [1.82, 2.24) is 14.9 Å². The number of nitrogens with zero attached hydrogens (tertiary/aromatic N) is 3. The van der Waals surface area contributed by atoms with Crippen LogP contribution in [-0.2, 0) is 9.59 Å². The number of nitrogens with one attached hydrogen (secondary N) is 1. The molecule has 0 bridgehead atoms. The van der Waals surface area contributed by atoms with E-state index in [1.54, 1.807) is 11.1 Å². The van der Waals surface area contributed by atoms with Crippen LogP contribution in [0.5, 0.6) is 0 Å². The molecule has 0 aliphatic carbocycles. The molecule has 6 nitrogen and oxygen atoms in total. The van der Waals surface area contributed by atoms with Crippen molar-refractivity contribution < 1.29 is 9.59 Å². The summed E-state index contributed by atoms with van der Waals surface area (Å²) in [6.07, 6.45) is 4.59. The molecule has 1 aliphatic rings. The van der Waals surface area contributed by atoms with Gasteiger partial charge in [-0.05, 0) is 38.3 Å². The van der Waals surface area contributed by atoms with E-state index in [1.165, 1.54) is 11.3 Å². The van der Waals surface area contributed by atoms with Gasteiger partial charge in [-0.2, -0.15) is 0 Å². The molecule has 2 aromatic rings. The molecular weight excluding hydrogens is 336 g/mol. The second kappa shape index (κ2) is 7.74. The van der Waals surface area contributed by atoms with Gasteiger partial charge in [0.2, 0.25) is 11.8 Å². The van der Waals surface area contributed by atoms with E-state index >= 15 is 0 Å². The van der Waals surface area contributed by atoms with Gasteiger partial charge >= 0.3 is 0 Å². The van der Waals surface area contributed by atoms with Crippen LogP contribution in [0.3, 0.4) is 0 Å². The second-order valence-corrected chi connectivity index (χ2v) is 7.13. The van der Waals surface area contributed by atoms with Gasteiger partial charge in [-0.15, -0.1) is 0 Å². The summed E-state index contributed by atoms with van der Waals surface area (Å²) in [5.74, 6) is -0.0899. The minimum atomic E-state index is -0.387. The maximum atomic E-state index is 12.6. The minimum Gasteiger partial charge on any atom is -0.331 e. The molecule has 132 valence electrons. The predicted octanol–water partition coefficient (Wildman–Crippen LogP) is 3.24. The van der Waals surface area contributed by atoms with Gasteiger partial charge in [0.05, 0.1) is 16.3 Å². The number of hydrogen-bond donors (Lipinski definition) is 1. The van der Waals surface area contributed by atoms with E-state index in [1.807, 2.05) is 32.0 Å². The van der Waals surface area contributed by atoms with Crippen LogP contribution in [0.15, 0.2) is 24.4 Å². The molecule has 1 saturated heterocycles. The summed E-state index contributed by atoms with van der Waals surface area (Å²) in [4.78, 5) is 36.3. The standard InChI is InChI=1S/C18H22N4O2S/c1-3-7-15(23)22-11-6-9-14(22)17(24)21-18-20-12(2)16(25-18)13-8-4-5-10-19-13/h4-5,8,10,14H,3,6-7,9,11H2,1-2H3,(H,20,21,24)/t14-/m0/s1. The maximum Gasteiger partial charge on any atom is 0.248 e. The first kappa shape index (κ1) is 17.5. The van der Waals surface area contributed by atoms with Crippen LogP contribution in [0, 0.1) is 6.92 Å². The third kappa shape index (κ3) is 3.87. The zero-order valence-electron chi connectivity index (χ0n) is 14.5. The summed E-state index contributed by atoms with van der Waals surface area (Å²) < 4.78 is 0. The van der Waals surface area contributed by atoms with Crippen molar-refractivity contribution in [3.63, 3.8) is 0 Å². The number of pyridine rings is 1. The minimum absolute atomic E-state index is 0.0599. The number of carbonyl (C=O) groups excluding carboxylic acids is 2. The summed E-state index contributed by atoms with van der Waals surface area (Å²) >= 11 is 1.41. The Morgan fingerprint density at radius 2 is 2.24 bits per heavy atom. The number of aromatic nitrogens is 2. The summed E-state index contributed by atoms with van der Waals surface area (Å²) in [5, 5.41) is 3.44. The molecule has 0 spiro atoms. The Kier molecular flexibility index (Phi) is 5.43. The zero-order valence-corrected chi connectivity index (χ0v) is 15.3. The molecule has 1 fully saturated rings. The number of aryl methyl sites for hydroxylation is 1. The number of anilines is 1. The number of thiazole rings is 1. The molecule has 0 aromatic carbocycles. The van der Waals surface area contributed by atoms with Crippen molar-refractivity contribution in [3.05, 3.63) is 30.1 Å². The highest BCUT2D eigenvalue weighted by atomic mass is 32.1. The van der Waals surface area contributed by atoms with Crippen molar-refractivity contribution in [3.8, 4) is 10.6 Å². The third-order valence-electron chi connectivity index (χ3n) is 4.26. The zero-order chi connectivity index (χ0) is 17.8. The molecule has 2 aromatic heterocycles. The number of hydrogen-bond acceptors (Lipinski definition) is 5. The lowest BCUT2D eigenvalue weighted by atomic mass is 10.2. The lowest BCUT2D eigenvalue weighted by Gasteiger charge is -2.23. The first-order valence-electron chi connectivity index (χ1n) is 8.59. The Morgan fingerprint density at radius 1 is 1.40 bits per heavy atom. The van der Waals surface area contributed by atoms with Crippen molar-refractivity contribution >= 4 is 28.3 Å². The van der Waals surface area contributed by atoms with E-state index in [4.69, 9.17) is 0 Å². The van der Waals surface area contributed by atoms with Gasteiger partial charge < -0.3 is 10.2 Å². The van der Waals surface area contributed by atoms with Gasteiger partial charge in [0, 0.05) is 19.2 Å². The SMILES string of the molecule is CCCC(=O)N1CCC[C@H]1C(=O)Nc1nc(C)c(-c2ccccn2)s1. The highest BCUT2D eigenvalue weighted by Crippen LogP contribution is 2.31. The van der Waals surface area contributed by atoms with Gasteiger partial charge in [-0.1, -0.05) is 24.3 Å². The quantitative estimate of drug-likeness (QED) is 0.890. The Balaban J connectivity index is 1.72. The van der Waals surface area contributed by atoms with Gasteiger partial charge in [0.15, 0.2) is 5.13 Å². The van der Waals surface area contributed by atoms with Crippen molar-refractivity contribution in [2.75, 3.05) is 11.9 Å². The molecule has 0 radical (unpaired) electrons. The summed E-state index contributed by atoms with van der Waals surface area (Å²) in [7, 11) is 0. The van der Waals surface area contributed by atoms with E-state index in [9.17, 15) is 9.59 Å². The molecule has 1 aliphatic heterocycles. The Labute approximate surface area is 151 Å². The van der Waals surface area contributed by atoms with Crippen molar-refractivity contribution in [2.24, 2.45) is 0 Å². The van der Waals surface area contributed by atoms with Crippen LogP contribution in [0.1, 0.15) is 38.3 Å². The molecule has 1 N–H and O–H groups in total. The van der Waals surface area contributed by atoms with Crippen LogP contribution in [-0.4, -0.2) is 39.3 Å². The van der Waals surface area contributed by atoms with Crippen molar-refractivity contribution in [1.29, 1.82) is 0 Å².